The lowest BCUT2D eigenvalue weighted by molar-refractivity contribution is -0.128. The summed E-state index contributed by atoms with van der Waals surface area (Å²) in [6, 6.07) is 16.2. The van der Waals surface area contributed by atoms with E-state index in [2.05, 4.69) is 45.3 Å². The van der Waals surface area contributed by atoms with E-state index in [1.807, 2.05) is 44.3 Å². The summed E-state index contributed by atoms with van der Waals surface area (Å²) in [5.41, 5.74) is 3.24. The van der Waals surface area contributed by atoms with Gasteiger partial charge in [-0.15, -0.1) is 16.4 Å². The second-order valence-electron chi connectivity index (χ2n) is 7.01. The Kier molecular flexibility index (Phi) is 6.15. The first kappa shape index (κ1) is 20.6. The number of thioether (sulfide) groups is 1. The first-order chi connectivity index (χ1) is 14.5. The summed E-state index contributed by atoms with van der Waals surface area (Å²) in [7, 11) is 1.82. The maximum atomic E-state index is 12.7. The second-order valence-corrected chi connectivity index (χ2v) is 9.01. The molecule has 0 aliphatic carbocycles. The smallest absolute Gasteiger partial charge is 0.233 e. The van der Waals surface area contributed by atoms with Gasteiger partial charge in [0.2, 0.25) is 11.1 Å². The van der Waals surface area contributed by atoms with Gasteiger partial charge in [0.1, 0.15) is 5.01 Å². The fourth-order valence-corrected chi connectivity index (χ4v) is 4.80. The van der Waals surface area contributed by atoms with Crippen molar-refractivity contribution >= 4 is 39.2 Å². The highest BCUT2D eigenvalue weighted by Crippen LogP contribution is 2.29. The number of thiazole rings is 1. The molecule has 0 aliphatic heterocycles. The number of para-hydroxylation sites is 1. The van der Waals surface area contributed by atoms with Crippen LogP contribution in [0.1, 0.15) is 30.5 Å². The number of carbonyl (C=O) groups is 1. The molecule has 2 aromatic carbocycles. The minimum absolute atomic E-state index is 0.0189. The third-order valence-electron chi connectivity index (χ3n) is 5.07. The van der Waals surface area contributed by atoms with Crippen LogP contribution in [-0.4, -0.2) is 43.8 Å². The van der Waals surface area contributed by atoms with Crippen molar-refractivity contribution in [3.63, 3.8) is 0 Å². The molecule has 8 heteroatoms. The highest BCUT2D eigenvalue weighted by atomic mass is 32.2. The Bertz CT molecular complexity index is 1120. The van der Waals surface area contributed by atoms with Crippen molar-refractivity contribution in [3.05, 3.63) is 59.1 Å². The van der Waals surface area contributed by atoms with Crippen molar-refractivity contribution in [2.45, 2.75) is 31.5 Å². The summed E-state index contributed by atoms with van der Waals surface area (Å²) < 4.78 is 1.13. The van der Waals surface area contributed by atoms with Crippen LogP contribution in [0.5, 0.6) is 0 Å². The van der Waals surface area contributed by atoms with E-state index in [1.54, 1.807) is 16.2 Å². The van der Waals surface area contributed by atoms with Crippen LogP contribution >= 0.6 is 23.1 Å². The van der Waals surface area contributed by atoms with Gasteiger partial charge < -0.3 is 4.90 Å². The number of hydrogen-bond donors (Lipinski definition) is 1. The SMILES string of the molecule is CCc1ccc(-c2nc(SCC(=O)N(C)[C@@H](C)c3nc4ccccc4s3)n[nH]2)cc1. The number of amides is 1. The summed E-state index contributed by atoms with van der Waals surface area (Å²) in [5, 5.41) is 8.71. The molecule has 0 radical (unpaired) electrons. The Morgan fingerprint density at radius 2 is 1.93 bits per heavy atom. The third kappa shape index (κ3) is 4.39. The summed E-state index contributed by atoms with van der Waals surface area (Å²) in [4.78, 5) is 23.6. The van der Waals surface area contributed by atoms with Gasteiger partial charge in [-0.25, -0.2) is 9.97 Å². The zero-order chi connectivity index (χ0) is 21.1. The highest BCUT2D eigenvalue weighted by Gasteiger charge is 2.21. The minimum Gasteiger partial charge on any atom is -0.336 e. The van der Waals surface area contributed by atoms with Crippen LogP contribution in [0.25, 0.3) is 21.6 Å². The summed E-state index contributed by atoms with van der Waals surface area (Å²) in [6.07, 6.45) is 1.00. The van der Waals surface area contributed by atoms with Crippen LogP contribution in [0.3, 0.4) is 0 Å². The fraction of sp³-hybridized carbons (Fsp3) is 0.273. The Morgan fingerprint density at radius 3 is 2.67 bits per heavy atom. The van der Waals surface area contributed by atoms with Crippen molar-refractivity contribution in [2.24, 2.45) is 0 Å². The number of carbonyl (C=O) groups excluding carboxylic acids is 1. The molecule has 0 fully saturated rings. The normalized spacial score (nSPS) is 12.2. The number of aromatic amines is 1. The van der Waals surface area contributed by atoms with Gasteiger partial charge in [0.25, 0.3) is 0 Å². The van der Waals surface area contributed by atoms with Gasteiger partial charge in [0.05, 0.1) is 22.0 Å². The molecule has 2 aromatic heterocycles. The van der Waals surface area contributed by atoms with E-state index in [0.717, 1.165) is 27.2 Å². The number of hydrogen-bond acceptors (Lipinski definition) is 6. The molecule has 154 valence electrons. The first-order valence-corrected chi connectivity index (χ1v) is 11.6. The number of fused-ring (bicyclic) bond motifs is 1. The number of H-pyrrole nitrogens is 1. The van der Waals surface area contributed by atoms with Gasteiger partial charge in [-0.1, -0.05) is 55.1 Å². The van der Waals surface area contributed by atoms with Crippen LogP contribution in [0.15, 0.2) is 53.7 Å². The maximum absolute atomic E-state index is 12.7. The quantitative estimate of drug-likeness (QED) is 0.414. The molecular formula is C22H23N5OS2. The second kappa shape index (κ2) is 8.97. The molecule has 2 heterocycles. The Hall–Kier alpha value is -2.71. The van der Waals surface area contributed by atoms with Crippen LogP contribution < -0.4 is 0 Å². The van der Waals surface area contributed by atoms with Gasteiger partial charge in [0, 0.05) is 12.6 Å². The van der Waals surface area contributed by atoms with Gasteiger partial charge in [-0.3, -0.25) is 9.89 Å². The van der Waals surface area contributed by atoms with Crippen LogP contribution in [0.4, 0.5) is 0 Å². The van der Waals surface area contributed by atoms with Crippen LogP contribution in [0, 0.1) is 0 Å². The molecule has 0 aliphatic rings. The molecule has 0 unspecified atom stereocenters. The molecule has 0 saturated heterocycles. The molecule has 1 atom stereocenters. The molecular weight excluding hydrogens is 414 g/mol. The van der Waals surface area contributed by atoms with E-state index in [9.17, 15) is 4.79 Å². The average Bonchev–Trinajstić information content (AvgIpc) is 3.43. The predicted molar refractivity (Wildman–Crippen MR) is 123 cm³/mol. The zero-order valence-electron chi connectivity index (χ0n) is 17.1. The van der Waals surface area contributed by atoms with Crippen molar-refractivity contribution in [3.8, 4) is 11.4 Å². The average molecular weight is 438 g/mol. The number of nitrogens with one attached hydrogen (secondary N) is 1. The van der Waals surface area contributed by atoms with Gasteiger partial charge >= 0.3 is 0 Å². The largest absolute Gasteiger partial charge is 0.336 e. The topological polar surface area (TPSA) is 74.8 Å². The molecule has 4 aromatic rings. The minimum atomic E-state index is -0.0877. The van der Waals surface area contributed by atoms with E-state index < -0.39 is 0 Å². The van der Waals surface area contributed by atoms with Crippen LogP contribution in [-0.2, 0) is 11.2 Å². The molecule has 0 bridgehead atoms. The Morgan fingerprint density at radius 1 is 1.17 bits per heavy atom. The first-order valence-electron chi connectivity index (χ1n) is 9.80. The lowest BCUT2D eigenvalue weighted by atomic mass is 10.1. The Labute approximate surface area is 183 Å². The van der Waals surface area contributed by atoms with Gasteiger partial charge in [0.15, 0.2) is 5.82 Å². The van der Waals surface area contributed by atoms with Gasteiger partial charge in [-0.05, 0) is 31.0 Å². The predicted octanol–water partition coefficient (Wildman–Crippen LogP) is 4.96. The van der Waals surface area contributed by atoms with Gasteiger partial charge in [-0.2, -0.15) is 0 Å². The highest BCUT2D eigenvalue weighted by molar-refractivity contribution is 7.99. The number of aryl methyl sites for hydroxylation is 1. The molecule has 30 heavy (non-hydrogen) atoms. The number of nitrogens with zero attached hydrogens (tertiary/aromatic N) is 4. The molecule has 1 N–H and O–H groups in total. The maximum Gasteiger partial charge on any atom is 0.233 e. The van der Waals surface area contributed by atoms with Crippen molar-refractivity contribution in [1.82, 2.24) is 25.1 Å². The lowest BCUT2D eigenvalue weighted by Gasteiger charge is -2.22. The Balaban J connectivity index is 1.37. The number of benzene rings is 2. The van der Waals surface area contributed by atoms with E-state index in [-0.39, 0.29) is 17.7 Å². The van der Waals surface area contributed by atoms with E-state index in [1.165, 1.54) is 17.3 Å². The standard InChI is InChI=1S/C22H23N5OS2/c1-4-15-9-11-16(12-10-15)20-24-22(26-25-20)29-13-19(28)27(3)14(2)21-23-17-7-5-6-8-18(17)30-21/h5-12,14H,4,13H2,1-3H3,(H,24,25,26)/t14-/m0/s1. The summed E-state index contributed by atoms with van der Waals surface area (Å²) in [5.74, 6) is 1.01. The molecule has 1 amide bonds. The fourth-order valence-electron chi connectivity index (χ4n) is 3.02. The van der Waals surface area contributed by atoms with Crippen molar-refractivity contribution in [2.75, 3.05) is 12.8 Å². The molecule has 4 rings (SSSR count). The molecule has 0 spiro atoms. The van der Waals surface area contributed by atoms with E-state index in [0.29, 0.717) is 11.0 Å². The zero-order valence-corrected chi connectivity index (χ0v) is 18.8. The lowest BCUT2D eigenvalue weighted by Crippen LogP contribution is -2.31. The summed E-state index contributed by atoms with van der Waals surface area (Å²) >= 11 is 2.96. The summed E-state index contributed by atoms with van der Waals surface area (Å²) in [6.45, 7) is 4.13. The van der Waals surface area contributed by atoms with Crippen molar-refractivity contribution < 1.29 is 4.79 Å². The molecule has 0 saturated carbocycles. The van der Waals surface area contributed by atoms with E-state index >= 15 is 0 Å². The number of aromatic nitrogens is 4. The number of rotatable bonds is 7. The monoisotopic (exact) mass is 437 g/mol. The third-order valence-corrected chi connectivity index (χ3v) is 7.11. The van der Waals surface area contributed by atoms with Crippen LogP contribution in [0.2, 0.25) is 0 Å². The molecule has 6 nitrogen and oxygen atoms in total. The van der Waals surface area contributed by atoms with Crippen molar-refractivity contribution in [1.29, 1.82) is 0 Å². The van der Waals surface area contributed by atoms with E-state index in [4.69, 9.17) is 0 Å².